The van der Waals surface area contributed by atoms with Crippen LogP contribution in [0.1, 0.15) is 11.5 Å². The lowest BCUT2D eigenvalue weighted by molar-refractivity contribution is -0.148. The van der Waals surface area contributed by atoms with Crippen LogP contribution in [0.25, 0.3) is 0 Å². The minimum absolute atomic E-state index is 0.201. The highest BCUT2D eigenvalue weighted by molar-refractivity contribution is 5.72. The van der Waals surface area contributed by atoms with Crippen LogP contribution in [-0.4, -0.2) is 29.4 Å². The van der Waals surface area contributed by atoms with E-state index in [0.717, 1.165) is 5.69 Å². The fraction of sp³-hybridized carbons (Fsp3) is 0.500. The maximum Gasteiger partial charge on any atom is 0.333 e. The normalized spacial score (nSPS) is 12.8. The minimum Gasteiger partial charge on any atom is -0.479 e. The molecule has 1 aromatic rings. The number of hydrogen-bond donors (Lipinski definition) is 1. The number of nitrogens with zero attached hydrogens (tertiary/aromatic N) is 1. The molecule has 0 saturated carbocycles. The maximum atomic E-state index is 10.6. The molecule has 1 N–H and O–H groups in total. The zero-order valence-corrected chi connectivity index (χ0v) is 7.48. The summed E-state index contributed by atoms with van der Waals surface area (Å²) in [6.07, 6.45) is -0.667. The van der Waals surface area contributed by atoms with Crippen molar-refractivity contribution in [1.82, 2.24) is 5.16 Å². The number of ether oxygens (including phenoxy) is 1. The van der Waals surface area contributed by atoms with Gasteiger partial charge in [0.15, 0.2) is 6.10 Å². The van der Waals surface area contributed by atoms with E-state index in [4.69, 9.17) is 14.4 Å². The Kier molecular flexibility index (Phi) is 3.02. The highest BCUT2D eigenvalue weighted by atomic mass is 16.5. The fourth-order valence-corrected chi connectivity index (χ4v) is 0.967. The Balaban J connectivity index is 2.61. The van der Waals surface area contributed by atoms with Crippen molar-refractivity contribution in [3.8, 4) is 0 Å². The lowest BCUT2D eigenvalue weighted by Gasteiger charge is -2.06. The molecular formula is C8H11NO4. The van der Waals surface area contributed by atoms with E-state index in [0.29, 0.717) is 5.76 Å². The lowest BCUT2D eigenvalue weighted by atomic mass is 10.2. The number of rotatable bonds is 4. The molecule has 0 aromatic carbocycles. The van der Waals surface area contributed by atoms with Gasteiger partial charge < -0.3 is 14.4 Å². The number of carboxylic acid groups (broad SMARTS) is 1. The third-order valence-corrected chi connectivity index (χ3v) is 1.62. The van der Waals surface area contributed by atoms with Crippen molar-refractivity contribution in [3.05, 3.63) is 17.5 Å². The topological polar surface area (TPSA) is 72.6 Å². The molecule has 0 amide bonds. The second-order valence-electron chi connectivity index (χ2n) is 2.70. The van der Waals surface area contributed by atoms with E-state index in [1.165, 1.54) is 7.11 Å². The van der Waals surface area contributed by atoms with Crippen LogP contribution in [0.3, 0.4) is 0 Å². The molecule has 0 aliphatic carbocycles. The monoisotopic (exact) mass is 185 g/mol. The fourth-order valence-electron chi connectivity index (χ4n) is 0.967. The zero-order chi connectivity index (χ0) is 9.84. The standard InChI is InChI=1S/C8H11NO4/c1-5-3-6(13-9-5)4-7(12-2)8(10)11/h3,7H,4H2,1-2H3,(H,10,11). The van der Waals surface area contributed by atoms with Crippen molar-refractivity contribution in [2.45, 2.75) is 19.4 Å². The molecule has 1 atom stereocenters. The largest absolute Gasteiger partial charge is 0.479 e. The Bertz CT molecular complexity index is 294. The Morgan fingerprint density at radius 3 is 2.92 bits per heavy atom. The van der Waals surface area contributed by atoms with E-state index < -0.39 is 12.1 Å². The summed E-state index contributed by atoms with van der Waals surface area (Å²) in [5, 5.41) is 12.3. The molecule has 0 aliphatic rings. The first-order valence-corrected chi connectivity index (χ1v) is 3.81. The summed E-state index contributed by atoms with van der Waals surface area (Å²) >= 11 is 0. The molecule has 13 heavy (non-hydrogen) atoms. The van der Waals surface area contributed by atoms with Gasteiger partial charge in [-0.1, -0.05) is 5.16 Å². The Hall–Kier alpha value is -1.36. The van der Waals surface area contributed by atoms with Crippen molar-refractivity contribution in [3.63, 3.8) is 0 Å². The van der Waals surface area contributed by atoms with Crippen molar-refractivity contribution >= 4 is 5.97 Å². The van der Waals surface area contributed by atoms with Crippen LogP contribution in [-0.2, 0) is 16.0 Å². The van der Waals surface area contributed by atoms with Crippen molar-refractivity contribution in [2.75, 3.05) is 7.11 Å². The Morgan fingerprint density at radius 1 is 1.85 bits per heavy atom. The van der Waals surface area contributed by atoms with Gasteiger partial charge in [0.25, 0.3) is 0 Å². The summed E-state index contributed by atoms with van der Waals surface area (Å²) in [5.74, 6) is -0.483. The van der Waals surface area contributed by atoms with Gasteiger partial charge in [0.2, 0.25) is 0 Å². The van der Waals surface area contributed by atoms with Crippen LogP contribution in [0.5, 0.6) is 0 Å². The van der Waals surface area contributed by atoms with Crippen LogP contribution >= 0.6 is 0 Å². The van der Waals surface area contributed by atoms with E-state index >= 15 is 0 Å². The number of carboxylic acids is 1. The van der Waals surface area contributed by atoms with Gasteiger partial charge in [0, 0.05) is 19.6 Å². The van der Waals surface area contributed by atoms with Crippen LogP contribution in [0.2, 0.25) is 0 Å². The quantitative estimate of drug-likeness (QED) is 0.744. The highest BCUT2D eigenvalue weighted by Crippen LogP contribution is 2.07. The number of aliphatic carboxylic acids is 1. The lowest BCUT2D eigenvalue weighted by Crippen LogP contribution is -2.24. The molecule has 5 heteroatoms. The molecule has 72 valence electrons. The number of hydrogen-bond acceptors (Lipinski definition) is 4. The van der Waals surface area contributed by atoms with E-state index in [1.807, 2.05) is 0 Å². The van der Waals surface area contributed by atoms with Gasteiger partial charge in [-0.2, -0.15) is 0 Å². The Labute approximate surface area is 75.3 Å². The molecule has 1 heterocycles. The number of methoxy groups -OCH3 is 1. The zero-order valence-electron chi connectivity index (χ0n) is 7.48. The molecule has 0 fully saturated rings. The SMILES string of the molecule is COC(Cc1cc(C)no1)C(=O)O. The van der Waals surface area contributed by atoms with Gasteiger partial charge >= 0.3 is 5.97 Å². The second-order valence-corrected chi connectivity index (χ2v) is 2.70. The van der Waals surface area contributed by atoms with Gasteiger partial charge in [-0.3, -0.25) is 0 Å². The summed E-state index contributed by atoms with van der Waals surface area (Å²) < 4.78 is 9.59. The molecule has 0 aliphatic heterocycles. The van der Waals surface area contributed by atoms with E-state index in [1.54, 1.807) is 13.0 Å². The first kappa shape index (κ1) is 9.73. The molecule has 1 aromatic heterocycles. The first-order chi connectivity index (χ1) is 6.13. The van der Waals surface area contributed by atoms with E-state index in [2.05, 4.69) is 5.16 Å². The third kappa shape index (κ3) is 2.55. The summed E-state index contributed by atoms with van der Waals surface area (Å²) in [7, 11) is 1.35. The van der Waals surface area contributed by atoms with Crippen LogP contribution < -0.4 is 0 Å². The molecule has 5 nitrogen and oxygen atoms in total. The predicted molar refractivity (Wildman–Crippen MR) is 43.4 cm³/mol. The molecule has 0 saturated heterocycles. The molecular weight excluding hydrogens is 174 g/mol. The summed E-state index contributed by atoms with van der Waals surface area (Å²) in [6.45, 7) is 1.77. The summed E-state index contributed by atoms with van der Waals surface area (Å²) in [6, 6.07) is 1.69. The molecule has 0 spiro atoms. The van der Waals surface area contributed by atoms with Crippen LogP contribution in [0, 0.1) is 6.92 Å². The molecule has 1 rings (SSSR count). The average molecular weight is 185 g/mol. The van der Waals surface area contributed by atoms with Gasteiger partial charge in [0.1, 0.15) is 5.76 Å². The van der Waals surface area contributed by atoms with Gasteiger partial charge in [0.05, 0.1) is 5.69 Å². The molecule has 0 radical (unpaired) electrons. The van der Waals surface area contributed by atoms with E-state index in [9.17, 15) is 4.79 Å². The van der Waals surface area contributed by atoms with Crippen molar-refractivity contribution < 1.29 is 19.2 Å². The minimum atomic E-state index is -1.00. The Morgan fingerprint density at radius 2 is 2.54 bits per heavy atom. The maximum absolute atomic E-state index is 10.6. The number of aryl methyl sites for hydroxylation is 1. The third-order valence-electron chi connectivity index (χ3n) is 1.62. The number of carbonyl (C=O) groups is 1. The second kappa shape index (κ2) is 4.04. The van der Waals surface area contributed by atoms with Crippen molar-refractivity contribution in [1.29, 1.82) is 0 Å². The van der Waals surface area contributed by atoms with Crippen LogP contribution in [0.4, 0.5) is 0 Å². The number of aromatic nitrogens is 1. The predicted octanol–water partition coefficient (Wildman–Crippen LogP) is 0.625. The van der Waals surface area contributed by atoms with Gasteiger partial charge in [-0.25, -0.2) is 4.79 Å². The highest BCUT2D eigenvalue weighted by Gasteiger charge is 2.18. The van der Waals surface area contributed by atoms with Crippen LogP contribution in [0.15, 0.2) is 10.6 Å². The first-order valence-electron chi connectivity index (χ1n) is 3.81. The van der Waals surface area contributed by atoms with Gasteiger partial charge in [-0.15, -0.1) is 0 Å². The van der Waals surface area contributed by atoms with Crippen molar-refractivity contribution in [2.24, 2.45) is 0 Å². The smallest absolute Gasteiger partial charge is 0.333 e. The average Bonchev–Trinajstić information content (AvgIpc) is 2.46. The van der Waals surface area contributed by atoms with Gasteiger partial charge in [-0.05, 0) is 6.92 Å². The molecule has 1 unspecified atom stereocenters. The van der Waals surface area contributed by atoms with E-state index in [-0.39, 0.29) is 6.42 Å². The molecule has 0 bridgehead atoms. The summed E-state index contributed by atoms with van der Waals surface area (Å²) in [5.41, 5.74) is 0.732. The summed E-state index contributed by atoms with van der Waals surface area (Å²) in [4.78, 5) is 10.6.